The van der Waals surface area contributed by atoms with Crippen molar-refractivity contribution in [3.63, 3.8) is 0 Å². The molecule has 150 valence electrons. The minimum Gasteiger partial charge on any atom is -0.482 e. The van der Waals surface area contributed by atoms with E-state index in [1.54, 1.807) is 18.5 Å². The van der Waals surface area contributed by atoms with Crippen LogP contribution in [0.1, 0.15) is 24.2 Å². The van der Waals surface area contributed by atoms with Gasteiger partial charge in [0.2, 0.25) is 0 Å². The third-order valence-corrected chi connectivity index (χ3v) is 5.38. The summed E-state index contributed by atoms with van der Waals surface area (Å²) in [5.74, 6) is 1.11. The molecule has 2 aromatic carbocycles. The summed E-state index contributed by atoms with van der Waals surface area (Å²) in [6.07, 6.45) is 4.88. The first kappa shape index (κ1) is 18.2. The number of hydrogen-bond donors (Lipinski definition) is 2. The largest absolute Gasteiger partial charge is 0.482 e. The lowest BCUT2D eigenvalue weighted by atomic mass is 9.98. The zero-order valence-electron chi connectivity index (χ0n) is 16.3. The highest BCUT2D eigenvalue weighted by Gasteiger charge is 2.21. The van der Waals surface area contributed by atoms with E-state index in [0.717, 1.165) is 28.1 Å². The quantitative estimate of drug-likeness (QED) is 0.426. The maximum atomic E-state index is 14.1. The molecule has 4 aromatic rings. The molecule has 1 aliphatic rings. The zero-order chi connectivity index (χ0) is 20.8. The van der Waals surface area contributed by atoms with E-state index >= 15 is 0 Å². The maximum absolute atomic E-state index is 14.1. The monoisotopic (exact) mass is 401 g/mol. The summed E-state index contributed by atoms with van der Waals surface area (Å²) in [5, 5.41) is 0. The summed E-state index contributed by atoms with van der Waals surface area (Å²) >= 11 is 0. The summed E-state index contributed by atoms with van der Waals surface area (Å²) in [5.41, 5.74) is 17.1. The fourth-order valence-corrected chi connectivity index (χ4v) is 3.89. The number of imidazole rings is 1. The van der Waals surface area contributed by atoms with E-state index in [4.69, 9.17) is 16.2 Å². The molecule has 0 radical (unpaired) electrons. The van der Waals surface area contributed by atoms with E-state index < -0.39 is 6.10 Å². The number of halogens is 1. The second-order valence-electron chi connectivity index (χ2n) is 7.39. The van der Waals surface area contributed by atoms with Crippen LogP contribution >= 0.6 is 0 Å². The minimum atomic E-state index is -0.472. The average molecular weight is 401 g/mol. The van der Waals surface area contributed by atoms with Crippen molar-refractivity contribution in [1.82, 2.24) is 14.5 Å². The Morgan fingerprint density at radius 1 is 1.07 bits per heavy atom. The molecule has 0 amide bonds. The molecule has 1 unspecified atom stereocenters. The Hall–Kier alpha value is -3.87. The Labute approximate surface area is 173 Å². The van der Waals surface area contributed by atoms with Gasteiger partial charge in [-0.05, 0) is 54.4 Å². The van der Waals surface area contributed by atoms with Crippen molar-refractivity contribution in [2.75, 3.05) is 11.5 Å². The van der Waals surface area contributed by atoms with Gasteiger partial charge in [0.25, 0.3) is 0 Å². The first-order valence-corrected chi connectivity index (χ1v) is 9.61. The molecule has 0 saturated heterocycles. The first-order valence-electron chi connectivity index (χ1n) is 9.61. The lowest BCUT2D eigenvalue weighted by Crippen LogP contribution is -2.11. The van der Waals surface area contributed by atoms with Gasteiger partial charge in [-0.1, -0.05) is 6.07 Å². The summed E-state index contributed by atoms with van der Waals surface area (Å²) in [6.45, 7) is 2.42. The molecule has 0 saturated carbocycles. The summed E-state index contributed by atoms with van der Waals surface area (Å²) < 4.78 is 22.3. The third-order valence-electron chi connectivity index (χ3n) is 5.38. The standard InChI is InChI=1S/C23H20FN5O/c1-13-19-9-16(24)3-5-18(19)23-27-6-7-29(23)12-14-2-4-17(25)10-20(14)15-8-21(30-13)22(26)28-11-15/h2-11,13H,12,25H2,1H3,(H2,26,28). The molecule has 2 aromatic heterocycles. The number of benzene rings is 2. The number of nitrogens with zero attached hydrogens (tertiary/aromatic N) is 3. The van der Waals surface area contributed by atoms with E-state index in [0.29, 0.717) is 23.5 Å². The fraction of sp³-hybridized carbons (Fsp3) is 0.130. The van der Waals surface area contributed by atoms with Crippen LogP contribution in [0.5, 0.6) is 5.75 Å². The summed E-state index contributed by atoms with van der Waals surface area (Å²) in [7, 11) is 0. The molecule has 2 bridgehead atoms. The van der Waals surface area contributed by atoms with Crippen molar-refractivity contribution in [3.8, 4) is 28.3 Å². The molecule has 1 atom stereocenters. The average Bonchev–Trinajstić information content (AvgIpc) is 3.18. The van der Waals surface area contributed by atoms with Crippen molar-refractivity contribution in [1.29, 1.82) is 0 Å². The second-order valence-corrected chi connectivity index (χ2v) is 7.39. The van der Waals surface area contributed by atoms with E-state index in [1.165, 1.54) is 12.1 Å². The van der Waals surface area contributed by atoms with Gasteiger partial charge in [0.05, 0.1) is 0 Å². The lowest BCUT2D eigenvalue weighted by Gasteiger charge is -2.22. The van der Waals surface area contributed by atoms with Crippen LogP contribution in [-0.4, -0.2) is 14.5 Å². The number of hydrogen-bond acceptors (Lipinski definition) is 5. The topological polar surface area (TPSA) is 92.0 Å². The van der Waals surface area contributed by atoms with Gasteiger partial charge in [0.15, 0.2) is 11.6 Å². The fourth-order valence-electron chi connectivity index (χ4n) is 3.89. The Kier molecular flexibility index (Phi) is 4.17. The van der Waals surface area contributed by atoms with Crippen LogP contribution in [0.25, 0.3) is 22.5 Å². The number of ether oxygens (including phenoxy) is 1. The molecule has 6 nitrogen and oxygen atoms in total. The molecule has 7 heteroatoms. The maximum Gasteiger partial charge on any atom is 0.166 e. The Bertz CT molecular complexity index is 1270. The highest BCUT2D eigenvalue weighted by Crippen LogP contribution is 2.37. The second kappa shape index (κ2) is 6.88. The van der Waals surface area contributed by atoms with Crippen LogP contribution in [0.2, 0.25) is 0 Å². The van der Waals surface area contributed by atoms with Gasteiger partial charge in [-0.2, -0.15) is 0 Å². The van der Waals surface area contributed by atoms with Gasteiger partial charge in [0.1, 0.15) is 17.7 Å². The van der Waals surface area contributed by atoms with Gasteiger partial charge < -0.3 is 20.8 Å². The van der Waals surface area contributed by atoms with Gasteiger partial charge in [0, 0.05) is 47.5 Å². The normalized spacial score (nSPS) is 15.1. The van der Waals surface area contributed by atoms with Crippen molar-refractivity contribution in [2.45, 2.75) is 19.6 Å². The van der Waals surface area contributed by atoms with Crippen molar-refractivity contribution < 1.29 is 9.13 Å². The van der Waals surface area contributed by atoms with Gasteiger partial charge in [-0.15, -0.1) is 0 Å². The number of rotatable bonds is 0. The van der Waals surface area contributed by atoms with Crippen LogP contribution in [0.4, 0.5) is 15.9 Å². The van der Waals surface area contributed by atoms with E-state index in [-0.39, 0.29) is 11.6 Å². The highest BCUT2D eigenvalue weighted by molar-refractivity contribution is 5.73. The predicted octanol–water partition coefficient (Wildman–Crippen LogP) is 4.42. The van der Waals surface area contributed by atoms with Crippen LogP contribution in [-0.2, 0) is 6.54 Å². The molecule has 0 aliphatic carbocycles. The van der Waals surface area contributed by atoms with Crippen LogP contribution in [0.3, 0.4) is 0 Å². The molecule has 0 fully saturated rings. The molecule has 5 rings (SSSR count). The molecule has 4 N–H and O–H groups in total. The third kappa shape index (κ3) is 3.04. The van der Waals surface area contributed by atoms with Gasteiger partial charge in [-0.25, -0.2) is 14.4 Å². The summed E-state index contributed by atoms with van der Waals surface area (Å²) in [6, 6.07) is 12.3. The molecule has 1 aliphatic heterocycles. The van der Waals surface area contributed by atoms with Crippen LogP contribution < -0.4 is 16.2 Å². The molecular formula is C23H20FN5O. The highest BCUT2D eigenvalue weighted by atomic mass is 19.1. The van der Waals surface area contributed by atoms with Crippen molar-refractivity contribution in [2.24, 2.45) is 0 Å². The zero-order valence-corrected chi connectivity index (χ0v) is 16.3. The number of pyridine rings is 1. The number of aromatic nitrogens is 3. The van der Waals surface area contributed by atoms with Crippen molar-refractivity contribution in [3.05, 3.63) is 78.0 Å². The van der Waals surface area contributed by atoms with Gasteiger partial charge in [-0.3, -0.25) is 0 Å². The number of fused-ring (bicyclic) bond motifs is 7. The Balaban J connectivity index is 1.80. The molecule has 30 heavy (non-hydrogen) atoms. The van der Waals surface area contributed by atoms with Crippen molar-refractivity contribution >= 4 is 11.5 Å². The lowest BCUT2D eigenvalue weighted by molar-refractivity contribution is 0.227. The first-order chi connectivity index (χ1) is 14.5. The van der Waals surface area contributed by atoms with E-state index in [9.17, 15) is 4.39 Å². The van der Waals surface area contributed by atoms with Crippen LogP contribution in [0.15, 0.2) is 61.1 Å². The number of anilines is 2. The smallest absolute Gasteiger partial charge is 0.166 e. The predicted molar refractivity (Wildman–Crippen MR) is 114 cm³/mol. The number of nitrogen functional groups attached to an aromatic ring is 2. The Morgan fingerprint density at radius 3 is 2.80 bits per heavy atom. The Morgan fingerprint density at radius 2 is 1.93 bits per heavy atom. The SMILES string of the molecule is CC1Oc2cc(cnc2N)-c2cc(N)ccc2Cn2ccnc2-c2ccc(F)cc21. The van der Waals surface area contributed by atoms with E-state index in [2.05, 4.69) is 9.97 Å². The summed E-state index contributed by atoms with van der Waals surface area (Å²) in [4.78, 5) is 8.87. The molecule has 0 spiro atoms. The van der Waals surface area contributed by atoms with E-state index in [1.807, 2.05) is 42.0 Å². The molecule has 3 heterocycles. The van der Waals surface area contributed by atoms with Crippen LogP contribution in [0, 0.1) is 5.82 Å². The minimum absolute atomic E-state index is 0.271. The van der Waals surface area contributed by atoms with Gasteiger partial charge >= 0.3 is 0 Å². The molecular weight excluding hydrogens is 381 g/mol. The number of nitrogens with two attached hydrogens (primary N) is 2.